The van der Waals surface area contributed by atoms with Gasteiger partial charge in [0.1, 0.15) is 5.82 Å². The molecule has 1 fully saturated rings. The van der Waals surface area contributed by atoms with Crippen molar-refractivity contribution in [3.05, 3.63) is 36.0 Å². The molecule has 1 saturated heterocycles. The van der Waals surface area contributed by atoms with Crippen LogP contribution >= 0.6 is 11.8 Å². The lowest BCUT2D eigenvalue weighted by atomic mass is 10.2. The number of thioether (sulfide) groups is 1. The van der Waals surface area contributed by atoms with E-state index in [1.807, 2.05) is 0 Å². The number of carbonyl (C=O) groups is 1. The molecule has 1 aliphatic heterocycles. The second-order valence-electron chi connectivity index (χ2n) is 5.87. The predicted octanol–water partition coefficient (Wildman–Crippen LogP) is 2.32. The highest BCUT2D eigenvalue weighted by atomic mass is 32.2. The number of nitrogens with zero attached hydrogens (tertiary/aromatic N) is 3. The van der Waals surface area contributed by atoms with Gasteiger partial charge in [-0.1, -0.05) is 17.3 Å². The maximum atomic E-state index is 13.7. The van der Waals surface area contributed by atoms with Gasteiger partial charge in [0.25, 0.3) is 0 Å². The van der Waals surface area contributed by atoms with Gasteiger partial charge in [-0.3, -0.25) is 4.79 Å². The maximum Gasteiger partial charge on any atom is 0.246 e. The first-order valence-electron chi connectivity index (χ1n) is 8.36. The Labute approximate surface area is 150 Å². The molecule has 1 N–H and O–H groups in total. The number of hydrogen-bond donors (Lipinski definition) is 1. The van der Waals surface area contributed by atoms with Gasteiger partial charge in [0, 0.05) is 12.3 Å². The minimum atomic E-state index is -0.409. The molecule has 0 aliphatic carbocycles. The van der Waals surface area contributed by atoms with Crippen molar-refractivity contribution in [3.8, 4) is 11.4 Å². The fourth-order valence-corrected chi connectivity index (χ4v) is 3.49. The van der Waals surface area contributed by atoms with Crippen LogP contribution in [0.2, 0.25) is 0 Å². The van der Waals surface area contributed by atoms with Crippen LogP contribution in [0.1, 0.15) is 18.7 Å². The van der Waals surface area contributed by atoms with Gasteiger partial charge in [-0.05, 0) is 38.1 Å². The smallest absolute Gasteiger partial charge is 0.246 e. The third kappa shape index (κ3) is 5.27. The van der Waals surface area contributed by atoms with Gasteiger partial charge < -0.3 is 14.7 Å². The third-order valence-electron chi connectivity index (χ3n) is 4.00. The van der Waals surface area contributed by atoms with Gasteiger partial charge in [-0.25, -0.2) is 4.39 Å². The fourth-order valence-electron chi connectivity index (χ4n) is 2.67. The van der Waals surface area contributed by atoms with Crippen molar-refractivity contribution in [2.24, 2.45) is 0 Å². The highest BCUT2D eigenvalue weighted by molar-refractivity contribution is 7.99. The second-order valence-corrected chi connectivity index (χ2v) is 6.97. The summed E-state index contributed by atoms with van der Waals surface area (Å²) in [5.41, 5.74) is 0.279. The zero-order valence-electron chi connectivity index (χ0n) is 13.9. The minimum absolute atomic E-state index is 0.0722. The molecule has 0 spiro atoms. The van der Waals surface area contributed by atoms with Gasteiger partial charge >= 0.3 is 0 Å². The molecule has 1 aromatic heterocycles. The Bertz CT molecular complexity index is 703. The van der Waals surface area contributed by atoms with Crippen LogP contribution < -0.4 is 5.32 Å². The average Bonchev–Trinajstić information content (AvgIpc) is 3.29. The number of amides is 1. The third-order valence-corrected chi connectivity index (χ3v) is 4.94. The number of rotatable bonds is 8. The lowest BCUT2D eigenvalue weighted by molar-refractivity contribution is -0.118. The number of carbonyl (C=O) groups excluding carboxylic acids is 1. The van der Waals surface area contributed by atoms with E-state index in [1.54, 1.807) is 30.0 Å². The molecular formula is C17H21FN4O2S. The molecule has 0 radical (unpaired) electrons. The summed E-state index contributed by atoms with van der Waals surface area (Å²) in [6, 6.07) is 6.23. The van der Waals surface area contributed by atoms with E-state index in [9.17, 15) is 9.18 Å². The molecule has 0 bridgehead atoms. The Morgan fingerprint density at radius 3 is 2.92 bits per heavy atom. The molecule has 1 aliphatic rings. The summed E-state index contributed by atoms with van der Waals surface area (Å²) in [5.74, 6) is 1.31. The SMILES string of the molecule is O=C(CSCCN1CCCC1)NCc1nc(-c2ccccc2F)no1. The van der Waals surface area contributed by atoms with Crippen molar-refractivity contribution in [3.63, 3.8) is 0 Å². The minimum Gasteiger partial charge on any atom is -0.346 e. The van der Waals surface area contributed by atoms with E-state index in [4.69, 9.17) is 4.52 Å². The summed E-state index contributed by atoms with van der Waals surface area (Å²) >= 11 is 1.62. The Morgan fingerprint density at radius 1 is 1.32 bits per heavy atom. The van der Waals surface area contributed by atoms with Crippen LogP contribution in [-0.2, 0) is 11.3 Å². The monoisotopic (exact) mass is 364 g/mol. The van der Waals surface area contributed by atoms with E-state index < -0.39 is 5.82 Å². The van der Waals surface area contributed by atoms with Crippen LogP contribution in [0.5, 0.6) is 0 Å². The van der Waals surface area contributed by atoms with Crippen LogP contribution in [0.15, 0.2) is 28.8 Å². The van der Waals surface area contributed by atoms with Gasteiger partial charge in [0.15, 0.2) is 0 Å². The highest BCUT2D eigenvalue weighted by Gasteiger charge is 2.13. The number of nitrogens with one attached hydrogen (secondary N) is 1. The van der Waals surface area contributed by atoms with Crippen molar-refractivity contribution in [2.45, 2.75) is 19.4 Å². The number of halogens is 1. The fraction of sp³-hybridized carbons (Fsp3) is 0.471. The average molecular weight is 364 g/mol. The topological polar surface area (TPSA) is 71.3 Å². The molecule has 0 atom stereocenters. The Kier molecular flexibility index (Phi) is 6.41. The van der Waals surface area contributed by atoms with Gasteiger partial charge in [-0.15, -0.1) is 0 Å². The van der Waals surface area contributed by atoms with Crippen LogP contribution in [0.4, 0.5) is 4.39 Å². The van der Waals surface area contributed by atoms with E-state index >= 15 is 0 Å². The summed E-state index contributed by atoms with van der Waals surface area (Å²) in [6.07, 6.45) is 2.56. The van der Waals surface area contributed by atoms with Crippen molar-refractivity contribution >= 4 is 17.7 Å². The van der Waals surface area contributed by atoms with Gasteiger partial charge in [0.05, 0.1) is 17.9 Å². The van der Waals surface area contributed by atoms with Crippen molar-refractivity contribution < 1.29 is 13.7 Å². The first kappa shape index (κ1) is 17.9. The molecule has 3 rings (SSSR count). The summed E-state index contributed by atoms with van der Waals surface area (Å²) < 4.78 is 18.7. The lowest BCUT2D eigenvalue weighted by Crippen LogP contribution is -2.26. The van der Waals surface area contributed by atoms with E-state index in [0.717, 1.165) is 12.3 Å². The summed E-state index contributed by atoms with van der Waals surface area (Å²) in [6.45, 7) is 3.53. The Hall–Kier alpha value is -1.93. The van der Waals surface area contributed by atoms with Gasteiger partial charge in [0.2, 0.25) is 17.6 Å². The van der Waals surface area contributed by atoms with E-state index in [-0.39, 0.29) is 29.7 Å². The summed E-state index contributed by atoms with van der Waals surface area (Å²) in [5, 5.41) is 6.50. The Morgan fingerprint density at radius 2 is 2.12 bits per heavy atom. The molecule has 1 aromatic carbocycles. The van der Waals surface area contributed by atoms with Gasteiger partial charge in [-0.2, -0.15) is 16.7 Å². The quantitative estimate of drug-likeness (QED) is 0.725. The standard InChI is InChI=1S/C17H21FN4O2S/c18-14-6-2-1-5-13(14)17-20-16(24-21-17)11-19-15(23)12-25-10-9-22-7-3-4-8-22/h1-2,5-6H,3-4,7-12H2,(H,19,23). The zero-order valence-corrected chi connectivity index (χ0v) is 14.7. The number of aromatic nitrogens is 2. The predicted molar refractivity (Wildman–Crippen MR) is 94.5 cm³/mol. The summed E-state index contributed by atoms with van der Waals surface area (Å²) in [7, 11) is 0. The lowest BCUT2D eigenvalue weighted by Gasteiger charge is -2.13. The van der Waals surface area contributed by atoms with Crippen molar-refractivity contribution in [1.29, 1.82) is 0 Å². The first-order chi connectivity index (χ1) is 12.2. The molecule has 25 heavy (non-hydrogen) atoms. The molecule has 0 saturated carbocycles. The van der Waals surface area contributed by atoms with E-state index in [1.165, 1.54) is 32.0 Å². The van der Waals surface area contributed by atoms with Crippen molar-refractivity contribution in [2.75, 3.05) is 31.1 Å². The zero-order chi connectivity index (χ0) is 17.5. The van der Waals surface area contributed by atoms with Crippen LogP contribution in [-0.4, -0.2) is 52.1 Å². The van der Waals surface area contributed by atoms with Crippen LogP contribution in [0, 0.1) is 5.82 Å². The first-order valence-corrected chi connectivity index (χ1v) is 9.52. The van der Waals surface area contributed by atoms with Crippen molar-refractivity contribution in [1.82, 2.24) is 20.4 Å². The van der Waals surface area contributed by atoms with E-state index in [2.05, 4.69) is 20.4 Å². The number of benzene rings is 1. The van der Waals surface area contributed by atoms with E-state index in [0.29, 0.717) is 5.75 Å². The molecule has 2 aromatic rings. The normalized spacial score (nSPS) is 14.8. The highest BCUT2D eigenvalue weighted by Crippen LogP contribution is 2.19. The molecule has 134 valence electrons. The molecule has 1 amide bonds. The second kappa shape index (κ2) is 8.96. The maximum absolute atomic E-state index is 13.7. The van der Waals surface area contributed by atoms with Crippen LogP contribution in [0.3, 0.4) is 0 Å². The molecule has 8 heteroatoms. The number of hydrogen-bond acceptors (Lipinski definition) is 6. The molecular weight excluding hydrogens is 343 g/mol. The number of likely N-dealkylation sites (tertiary alicyclic amines) is 1. The molecule has 6 nitrogen and oxygen atoms in total. The Balaban J connectivity index is 1.38. The van der Waals surface area contributed by atoms with Crippen LogP contribution in [0.25, 0.3) is 11.4 Å². The summed E-state index contributed by atoms with van der Waals surface area (Å²) in [4.78, 5) is 18.4. The molecule has 0 unspecified atom stereocenters. The largest absolute Gasteiger partial charge is 0.346 e. The molecule has 2 heterocycles.